The third kappa shape index (κ3) is 8.76. The van der Waals surface area contributed by atoms with E-state index in [4.69, 9.17) is 10.5 Å². The van der Waals surface area contributed by atoms with E-state index in [0.717, 1.165) is 23.9 Å². The Hall–Kier alpha value is -4.47. The SMILES string of the molecule is C=C(C[C@H](NC(C)=O)C(=O)N[C@H](Cc1ccc(OC)cc1)C(=O)N1CCC(C(=O)CCC)(c2ccccc2)CC1)N=CN. The summed E-state index contributed by atoms with van der Waals surface area (Å²) in [4.78, 5) is 58.5. The quantitative estimate of drug-likeness (QED) is 0.228. The van der Waals surface area contributed by atoms with Crippen molar-refractivity contribution in [2.24, 2.45) is 10.7 Å². The Morgan fingerprint density at radius 3 is 2.26 bits per heavy atom. The van der Waals surface area contributed by atoms with Crippen LogP contribution in [0.2, 0.25) is 0 Å². The number of methoxy groups -OCH3 is 1. The van der Waals surface area contributed by atoms with Crippen LogP contribution in [0.3, 0.4) is 0 Å². The first-order chi connectivity index (χ1) is 20.6. The van der Waals surface area contributed by atoms with Gasteiger partial charge in [0.2, 0.25) is 17.7 Å². The fourth-order valence-electron chi connectivity index (χ4n) is 5.60. The summed E-state index contributed by atoms with van der Waals surface area (Å²) in [5, 5.41) is 5.49. The first-order valence-electron chi connectivity index (χ1n) is 14.6. The summed E-state index contributed by atoms with van der Waals surface area (Å²) in [6, 6.07) is 15.1. The van der Waals surface area contributed by atoms with E-state index in [1.54, 1.807) is 24.1 Å². The highest BCUT2D eigenvalue weighted by atomic mass is 16.5. The van der Waals surface area contributed by atoms with Gasteiger partial charge in [-0.25, -0.2) is 4.99 Å². The second kappa shape index (κ2) is 15.7. The van der Waals surface area contributed by atoms with Gasteiger partial charge in [0, 0.05) is 45.0 Å². The lowest BCUT2D eigenvalue weighted by molar-refractivity contribution is -0.140. The summed E-state index contributed by atoms with van der Waals surface area (Å²) in [6.07, 6.45) is 3.53. The van der Waals surface area contributed by atoms with Gasteiger partial charge < -0.3 is 26.0 Å². The molecule has 43 heavy (non-hydrogen) atoms. The average Bonchev–Trinajstić information content (AvgIpc) is 3.01. The molecule has 0 radical (unpaired) electrons. The van der Waals surface area contributed by atoms with Crippen LogP contribution in [0, 0.1) is 0 Å². The summed E-state index contributed by atoms with van der Waals surface area (Å²) in [5.41, 5.74) is 6.81. The van der Waals surface area contributed by atoms with Crippen molar-refractivity contribution in [2.75, 3.05) is 20.2 Å². The van der Waals surface area contributed by atoms with Crippen LogP contribution in [0.4, 0.5) is 0 Å². The zero-order chi connectivity index (χ0) is 31.4. The fourth-order valence-corrected chi connectivity index (χ4v) is 5.60. The van der Waals surface area contributed by atoms with E-state index in [-0.39, 0.29) is 24.5 Å². The summed E-state index contributed by atoms with van der Waals surface area (Å²) in [6.45, 7) is 7.83. The third-order valence-electron chi connectivity index (χ3n) is 7.87. The zero-order valence-corrected chi connectivity index (χ0v) is 25.3. The Labute approximate surface area is 253 Å². The van der Waals surface area contributed by atoms with Crippen LogP contribution >= 0.6 is 0 Å². The van der Waals surface area contributed by atoms with E-state index in [1.807, 2.05) is 49.4 Å². The fraction of sp³-hybridized carbons (Fsp3) is 0.424. The normalized spacial score (nSPS) is 15.7. The second-order valence-electron chi connectivity index (χ2n) is 10.9. The van der Waals surface area contributed by atoms with E-state index < -0.39 is 29.3 Å². The molecule has 0 spiro atoms. The minimum Gasteiger partial charge on any atom is -0.497 e. The van der Waals surface area contributed by atoms with Crippen molar-refractivity contribution in [1.29, 1.82) is 0 Å². The molecular weight excluding hydrogens is 546 g/mol. The van der Waals surface area contributed by atoms with Crippen LogP contribution in [0.5, 0.6) is 5.75 Å². The number of rotatable bonds is 14. The number of benzene rings is 2. The highest BCUT2D eigenvalue weighted by Crippen LogP contribution is 2.38. The molecule has 10 nitrogen and oxygen atoms in total. The minimum absolute atomic E-state index is 0.0193. The molecule has 3 amide bonds. The second-order valence-corrected chi connectivity index (χ2v) is 10.9. The van der Waals surface area contributed by atoms with Gasteiger partial charge in [0.25, 0.3) is 0 Å². The van der Waals surface area contributed by atoms with Crippen molar-refractivity contribution in [3.8, 4) is 5.75 Å². The van der Waals surface area contributed by atoms with E-state index in [1.165, 1.54) is 6.92 Å². The Morgan fingerprint density at radius 1 is 1.05 bits per heavy atom. The third-order valence-corrected chi connectivity index (χ3v) is 7.87. The number of carbonyl (C=O) groups is 4. The maximum absolute atomic E-state index is 14.0. The molecular formula is C33H43N5O5. The Kier molecular flexibility index (Phi) is 12.0. The van der Waals surface area contributed by atoms with Crippen LogP contribution in [-0.4, -0.2) is 67.0 Å². The van der Waals surface area contributed by atoms with E-state index >= 15 is 0 Å². The van der Waals surface area contributed by atoms with Gasteiger partial charge in [0.1, 0.15) is 23.6 Å². The summed E-state index contributed by atoms with van der Waals surface area (Å²) in [5.74, 6) is -0.341. The Morgan fingerprint density at radius 2 is 1.70 bits per heavy atom. The molecule has 2 aromatic rings. The molecule has 1 fully saturated rings. The number of amides is 3. The lowest BCUT2D eigenvalue weighted by Gasteiger charge is -2.42. The number of ether oxygens (including phenoxy) is 1. The molecule has 230 valence electrons. The molecule has 4 N–H and O–H groups in total. The van der Waals surface area contributed by atoms with Gasteiger partial charge in [-0.1, -0.05) is 56.0 Å². The standard InChI is InChI=1S/C33H43N5O5/c1-5-9-30(40)33(26-10-7-6-8-11-26)16-18-38(19-17-33)32(42)29(21-25-12-14-27(43-4)15-13-25)37-31(41)28(36-24(3)39)20-23(2)35-22-34/h6-8,10-15,22,28-29H,2,5,9,16-21H2,1,3-4H3,(H2,34,35)(H,36,39)(H,37,41)/t28-,29+/m0/s1. The topological polar surface area (TPSA) is 143 Å². The predicted octanol–water partition coefficient (Wildman–Crippen LogP) is 3.05. The van der Waals surface area contributed by atoms with Gasteiger partial charge in [-0.3, -0.25) is 19.2 Å². The molecule has 0 unspecified atom stereocenters. The van der Waals surface area contributed by atoms with Gasteiger partial charge in [0.15, 0.2) is 0 Å². The number of likely N-dealkylation sites (tertiary alicyclic amines) is 1. The maximum atomic E-state index is 14.0. The number of aliphatic imine (C=N–C) groups is 1. The lowest BCUT2D eigenvalue weighted by Crippen LogP contribution is -2.57. The zero-order valence-electron chi connectivity index (χ0n) is 25.3. The molecule has 1 heterocycles. The number of nitrogens with one attached hydrogen (secondary N) is 2. The number of hydrogen-bond acceptors (Lipinski definition) is 6. The van der Waals surface area contributed by atoms with Crippen molar-refractivity contribution in [3.63, 3.8) is 0 Å². The summed E-state index contributed by atoms with van der Waals surface area (Å²) >= 11 is 0. The van der Waals surface area contributed by atoms with Gasteiger partial charge in [-0.2, -0.15) is 0 Å². The molecule has 1 aliphatic heterocycles. The number of nitrogens with zero attached hydrogens (tertiary/aromatic N) is 2. The molecule has 10 heteroatoms. The monoisotopic (exact) mass is 589 g/mol. The van der Waals surface area contributed by atoms with E-state index in [9.17, 15) is 19.2 Å². The van der Waals surface area contributed by atoms with E-state index in [2.05, 4.69) is 22.2 Å². The van der Waals surface area contributed by atoms with Crippen LogP contribution in [0.1, 0.15) is 57.1 Å². The summed E-state index contributed by atoms with van der Waals surface area (Å²) < 4.78 is 5.26. The van der Waals surface area contributed by atoms with Crippen LogP contribution in [-0.2, 0) is 31.0 Å². The minimum atomic E-state index is -1.00. The summed E-state index contributed by atoms with van der Waals surface area (Å²) in [7, 11) is 1.57. The van der Waals surface area contributed by atoms with Gasteiger partial charge >= 0.3 is 0 Å². The molecule has 0 aromatic heterocycles. The van der Waals surface area contributed by atoms with Gasteiger partial charge in [-0.05, 0) is 42.5 Å². The number of ketones is 1. The Bertz CT molecular complexity index is 1300. The van der Waals surface area contributed by atoms with Crippen molar-refractivity contribution >= 4 is 29.8 Å². The molecule has 0 bridgehead atoms. The number of nitrogens with two attached hydrogens (primary N) is 1. The highest BCUT2D eigenvalue weighted by Gasteiger charge is 2.43. The van der Waals surface area contributed by atoms with Crippen molar-refractivity contribution in [1.82, 2.24) is 15.5 Å². The Balaban J connectivity index is 1.85. The number of carbonyl (C=O) groups excluding carboxylic acids is 4. The average molecular weight is 590 g/mol. The first-order valence-corrected chi connectivity index (χ1v) is 14.6. The molecule has 2 atom stereocenters. The lowest BCUT2D eigenvalue weighted by atomic mass is 9.68. The van der Waals surface area contributed by atoms with Gasteiger partial charge in [-0.15, -0.1) is 0 Å². The van der Waals surface area contributed by atoms with Gasteiger partial charge in [0.05, 0.1) is 18.9 Å². The number of Topliss-reactive ketones (excluding diaryl/α,β-unsaturated/α-hetero) is 1. The van der Waals surface area contributed by atoms with Crippen molar-refractivity contribution < 1.29 is 23.9 Å². The van der Waals surface area contributed by atoms with Crippen LogP contribution < -0.4 is 21.1 Å². The number of piperidine rings is 1. The number of hydrogen-bond donors (Lipinski definition) is 3. The first kappa shape index (κ1) is 33.0. The largest absolute Gasteiger partial charge is 0.497 e. The van der Waals surface area contributed by atoms with Crippen molar-refractivity contribution in [3.05, 3.63) is 78.0 Å². The maximum Gasteiger partial charge on any atom is 0.245 e. The van der Waals surface area contributed by atoms with E-state index in [0.29, 0.717) is 43.8 Å². The van der Waals surface area contributed by atoms with Crippen LogP contribution in [0.25, 0.3) is 0 Å². The van der Waals surface area contributed by atoms with Crippen LogP contribution in [0.15, 0.2) is 71.9 Å². The van der Waals surface area contributed by atoms with Crippen molar-refractivity contribution in [2.45, 2.75) is 69.9 Å². The molecule has 0 saturated carbocycles. The molecule has 1 aliphatic rings. The molecule has 3 rings (SSSR count). The molecule has 0 aliphatic carbocycles. The molecule has 1 saturated heterocycles. The smallest absolute Gasteiger partial charge is 0.245 e. The highest BCUT2D eigenvalue weighted by molar-refractivity contribution is 5.93. The molecule has 2 aromatic carbocycles. The predicted molar refractivity (Wildman–Crippen MR) is 167 cm³/mol.